The Morgan fingerprint density at radius 2 is 2.30 bits per heavy atom. The minimum Gasteiger partial charge on any atom is -0.386 e. The molecular formula is C15H15N3O2. The number of pyridine rings is 1. The molecule has 0 radical (unpaired) electrons. The summed E-state index contributed by atoms with van der Waals surface area (Å²) in [6.45, 7) is 1.25. The first-order valence-electron chi connectivity index (χ1n) is 6.54. The Morgan fingerprint density at radius 1 is 1.45 bits per heavy atom. The molecule has 2 aromatic rings. The number of nitrogens with one attached hydrogen (secondary N) is 1. The van der Waals surface area contributed by atoms with E-state index < -0.39 is 5.60 Å². The lowest BCUT2D eigenvalue weighted by atomic mass is 10.0. The maximum Gasteiger partial charge on any atom is 0.107 e. The second-order valence-electron chi connectivity index (χ2n) is 5.06. The molecule has 3 rings (SSSR count). The monoisotopic (exact) mass is 269 g/mol. The predicted octanol–water partition coefficient (Wildman–Crippen LogP) is 1.67. The van der Waals surface area contributed by atoms with Gasteiger partial charge in [-0.25, -0.2) is 0 Å². The van der Waals surface area contributed by atoms with Crippen LogP contribution in [0.15, 0.2) is 30.5 Å². The lowest BCUT2D eigenvalue weighted by Crippen LogP contribution is -2.37. The zero-order valence-corrected chi connectivity index (χ0v) is 11.0. The summed E-state index contributed by atoms with van der Waals surface area (Å²) in [6, 6.07) is 9.77. The molecular weight excluding hydrogens is 254 g/mol. The summed E-state index contributed by atoms with van der Waals surface area (Å²) in [6.07, 6.45) is 2.16. The summed E-state index contributed by atoms with van der Waals surface area (Å²) in [5.74, 6) is 0. The molecule has 0 spiro atoms. The van der Waals surface area contributed by atoms with Crippen LogP contribution in [0, 0.1) is 11.3 Å². The summed E-state index contributed by atoms with van der Waals surface area (Å²) >= 11 is 0. The van der Waals surface area contributed by atoms with E-state index in [1.54, 1.807) is 6.20 Å². The summed E-state index contributed by atoms with van der Waals surface area (Å²) in [7, 11) is 0. The van der Waals surface area contributed by atoms with E-state index in [-0.39, 0.29) is 0 Å². The van der Waals surface area contributed by atoms with Gasteiger partial charge >= 0.3 is 0 Å². The summed E-state index contributed by atoms with van der Waals surface area (Å²) in [5, 5.41) is 23.6. The van der Waals surface area contributed by atoms with Gasteiger partial charge in [0.15, 0.2) is 0 Å². The second kappa shape index (κ2) is 5.08. The molecule has 1 atom stereocenters. The van der Waals surface area contributed by atoms with E-state index in [0.717, 1.165) is 16.6 Å². The molecule has 5 nitrogen and oxygen atoms in total. The van der Waals surface area contributed by atoms with Crippen molar-refractivity contribution in [3.63, 3.8) is 0 Å². The molecule has 1 saturated heterocycles. The summed E-state index contributed by atoms with van der Waals surface area (Å²) in [5.41, 5.74) is 1.16. The van der Waals surface area contributed by atoms with Gasteiger partial charge < -0.3 is 15.2 Å². The van der Waals surface area contributed by atoms with Crippen molar-refractivity contribution < 1.29 is 9.84 Å². The Balaban J connectivity index is 1.95. The Kier molecular flexibility index (Phi) is 3.26. The number of ether oxygens (including phenoxy) is 1. The highest BCUT2D eigenvalue weighted by atomic mass is 16.5. The molecule has 5 heteroatoms. The quantitative estimate of drug-likeness (QED) is 0.886. The van der Waals surface area contributed by atoms with Crippen LogP contribution in [0.1, 0.15) is 12.0 Å². The highest BCUT2D eigenvalue weighted by Crippen LogP contribution is 2.27. The van der Waals surface area contributed by atoms with E-state index in [2.05, 4.69) is 16.4 Å². The third-order valence-corrected chi connectivity index (χ3v) is 3.57. The average Bonchev–Trinajstić information content (AvgIpc) is 2.91. The second-order valence-corrected chi connectivity index (χ2v) is 5.06. The predicted molar refractivity (Wildman–Crippen MR) is 75.3 cm³/mol. The fourth-order valence-electron chi connectivity index (χ4n) is 2.41. The molecule has 1 aromatic carbocycles. The van der Waals surface area contributed by atoms with Crippen molar-refractivity contribution in [2.24, 2.45) is 0 Å². The number of benzene rings is 1. The van der Waals surface area contributed by atoms with Gasteiger partial charge in [-0.3, -0.25) is 4.98 Å². The van der Waals surface area contributed by atoms with Crippen molar-refractivity contribution in [1.82, 2.24) is 4.98 Å². The Morgan fingerprint density at radius 3 is 3.05 bits per heavy atom. The highest BCUT2D eigenvalue weighted by Gasteiger charge is 2.32. The van der Waals surface area contributed by atoms with Crippen LogP contribution in [-0.2, 0) is 4.74 Å². The van der Waals surface area contributed by atoms with Crippen molar-refractivity contribution in [2.75, 3.05) is 25.1 Å². The standard InChI is InChI=1S/C15H15N3O2/c16-7-11-8-17-13-4-2-1-3-12(13)14(11)18-9-15(19)5-6-20-10-15/h1-4,8,19H,5-6,9-10H2,(H,17,18). The fraction of sp³-hybridized carbons (Fsp3) is 0.333. The van der Waals surface area contributed by atoms with Crippen LogP contribution in [0.4, 0.5) is 5.69 Å². The summed E-state index contributed by atoms with van der Waals surface area (Å²) < 4.78 is 5.23. The molecule has 102 valence electrons. The number of aromatic nitrogens is 1. The van der Waals surface area contributed by atoms with Gasteiger partial charge in [-0.15, -0.1) is 0 Å². The van der Waals surface area contributed by atoms with Crippen molar-refractivity contribution in [2.45, 2.75) is 12.0 Å². The Hall–Kier alpha value is -2.16. The van der Waals surface area contributed by atoms with Crippen molar-refractivity contribution in [3.05, 3.63) is 36.0 Å². The summed E-state index contributed by atoms with van der Waals surface area (Å²) in [4.78, 5) is 4.26. The molecule has 0 aliphatic carbocycles. The van der Waals surface area contributed by atoms with Gasteiger partial charge in [0.1, 0.15) is 11.7 Å². The van der Waals surface area contributed by atoms with Gasteiger partial charge in [-0.1, -0.05) is 18.2 Å². The van der Waals surface area contributed by atoms with E-state index in [4.69, 9.17) is 4.74 Å². The first-order valence-corrected chi connectivity index (χ1v) is 6.54. The molecule has 2 heterocycles. The number of para-hydroxylation sites is 1. The molecule has 2 N–H and O–H groups in total. The van der Waals surface area contributed by atoms with Gasteiger partial charge in [-0.2, -0.15) is 5.26 Å². The number of fused-ring (bicyclic) bond motifs is 1. The van der Waals surface area contributed by atoms with Crippen LogP contribution in [0.2, 0.25) is 0 Å². The minimum atomic E-state index is -0.864. The molecule has 1 aromatic heterocycles. The number of nitrogens with zero attached hydrogens (tertiary/aromatic N) is 2. The number of rotatable bonds is 3. The molecule has 1 aliphatic rings. The number of nitriles is 1. The SMILES string of the molecule is N#Cc1cnc2ccccc2c1NCC1(O)CCOC1. The molecule has 0 amide bonds. The molecule has 0 saturated carbocycles. The fourth-order valence-corrected chi connectivity index (χ4v) is 2.41. The molecule has 20 heavy (non-hydrogen) atoms. The first-order chi connectivity index (χ1) is 9.72. The van der Waals surface area contributed by atoms with Gasteiger partial charge in [0.2, 0.25) is 0 Å². The maximum atomic E-state index is 10.3. The zero-order chi connectivity index (χ0) is 14.0. The number of aliphatic hydroxyl groups is 1. The van der Waals surface area contributed by atoms with Crippen molar-refractivity contribution >= 4 is 16.6 Å². The largest absolute Gasteiger partial charge is 0.386 e. The van der Waals surface area contributed by atoms with Crippen LogP contribution in [-0.4, -0.2) is 35.5 Å². The van der Waals surface area contributed by atoms with Crippen molar-refractivity contribution in [3.8, 4) is 6.07 Å². The van der Waals surface area contributed by atoms with Crippen LogP contribution in [0.25, 0.3) is 10.9 Å². The smallest absolute Gasteiger partial charge is 0.107 e. The normalized spacial score (nSPS) is 21.8. The molecule has 0 bridgehead atoms. The van der Waals surface area contributed by atoms with Gasteiger partial charge in [-0.05, 0) is 6.07 Å². The Bertz CT molecular complexity index is 672. The van der Waals surface area contributed by atoms with Crippen LogP contribution < -0.4 is 5.32 Å². The van der Waals surface area contributed by atoms with Gasteiger partial charge in [0.05, 0.1) is 23.4 Å². The van der Waals surface area contributed by atoms with Crippen molar-refractivity contribution in [1.29, 1.82) is 5.26 Å². The molecule has 1 fully saturated rings. The lowest BCUT2D eigenvalue weighted by Gasteiger charge is -2.22. The van der Waals surface area contributed by atoms with Crippen LogP contribution >= 0.6 is 0 Å². The number of anilines is 1. The highest BCUT2D eigenvalue weighted by molar-refractivity contribution is 5.93. The van der Waals surface area contributed by atoms with E-state index >= 15 is 0 Å². The molecule has 1 unspecified atom stereocenters. The van der Waals surface area contributed by atoms with E-state index in [1.807, 2.05) is 24.3 Å². The third kappa shape index (κ3) is 2.31. The zero-order valence-electron chi connectivity index (χ0n) is 11.0. The van der Waals surface area contributed by atoms with E-state index in [0.29, 0.717) is 31.7 Å². The molecule has 1 aliphatic heterocycles. The van der Waals surface area contributed by atoms with E-state index in [1.165, 1.54) is 0 Å². The van der Waals surface area contributed by atoms with Gasteiger partial charge in [0.25, 0.3) is 0 Å². The maximum absolute atomic E-state index is 10.3. The number of hydrogen-bond donors (Lipinski definition) is 2. The number of hydrogen-bond acceptors (Lipinski definition) is 5. The van der Waals surface area contributed by atoms with Gasteiger partial charge in [0, 0.05) is 31.2 Å². The topological polar surface area (TPSA) is 78.2 Å². The average molecular weight is 269 g/mol. The van der Waals surface area contributed by atoms with E-state index in [9.17, 15) is 10.4 Å². The minimum absolute atomic E-state index is 0.324. The van der Waals surface area contributed by atoms with Crippen LogP contribution in [0.5, 0.6) is 0 Å². The lowest BCUT2D eigenvalue weighted by molar-refractivity contribution is 0.0382. The first kappa shape index (κ1) is 12.9. The van der Waals surface area contributed by atoms with Crippen LogP contribution in [0.3, 0.4) is 0 Å². The Labute approximate surface area is 116 Å². The third-order valence-electron chi connectivity index (χ3n) is 3.57.